The van der Waals surface area contributed by atoms with Crippen molar-refractivity contribution in [1.29, 1.82) is 5.26 Å². The first-order valence-corrected chi connectivity index (χ1v) is 6.63. The second-order valence-electron chi connectivity index (χ2n) is 5.05. The van der Waals surface area contributed by atoms with Crippen LogP contribution in [0.25, 0.3) is 0 Å². The third-order valence-corrected chi connectivity index (χ3v) is 3.45. The van der Waals surface area contributed by atoms with Crippen LogP contribution in [0.2, 0.25) is 0 Å². The lowest BCUT2D eigenvalue weighted by Gasteiger charge is -2.36. The van der Waals surface area contributed by atoms with Gasteiger partial charge in [-0.1, -0.05) is 6.07 Å². The fourth-order valence-corrected chi connectivity index (χ4v) is 2.36. The number of pyridine rings is 1. The van der Waals surface area contributed by atoms with E-state index in [0.29, 0.717) is 18.8 Å². The van der Waals surface area contributed by atoms with Crippen LogP contribution in [-0.2, 0) is 11.3 Å². The lowest BCUT2D eigenvalue weighted by atomic mass is 10.1. The zero-order valence-corrected chi connectivity index (χ0v) is 11.8. The maximum absolute atomic E-state index is 12.2. The Bertz CT molecular complexity index is 523. The Morgan fingerprint density at radius 3 is 3.15 bits per heavy atom. The summed E-state index contributed by atoms with van der Waals surface area (Å²) in [5, 5.41) is 12.3. The molecule has 106 valence electrons. The molecular weight excluding hydrogens is 254 g/mol. The number of likely N-dealkylation sites (N-methyl/N-ethyl adjacent to an activating group) is 1. The van der Waals surface area contributed by atoms with E-state index < -0.39 is 0 Å². The van der Waals surface area contributed by atoms with Crippen LogP contribution in [0.5, 0.6) is 0 Å². The molecule has 1 N–H and O–H groups in total. The van der Waals surface area contributed by atoms with Gasteiger partial charge < -0.3 is 10.2 Å². The Morgan fingerprint density at radius 1 is 1.65 bits per heavy atom. The molecule has 1 unspecified atom stereocenters. The van der Waals surface area contributed by atoms with Crippen molar-refractivity contribution in [3.05, 3.63) is 29.6 Å². The minimum absolute atomic E-state index is 0.0830. The highest BCUT2D eigenvalue weighted by atomic mass is 16.2. The molecule has 1 aliphatic rings. The van der Waals surface area contributed by atoms with Gasteiger partial charge in [0.1, 0.15) is 17.8 Å². The molecule has 1 atom stereocenters. The fourth-order valence-electron chi connectivity index (χ4n) is 2.36. The molecule has 0 radical (unpaired) electrons. The minimum atomic E-state index is -0.189. The molecule has 1 fully saturated rings. The first kappa shape index (κ1) is 14.4. The highest BCUT2D eigenvalue weighted by molar-refractivity contribution is 5.81. The molecule has 0 bridgehead atoms. The van der Waals surface area contributed by atoms with Crippen molar-refractivity contribution in [2.75, 3.05) is 33.7 Å². The minimum Gasteiger partial charge on any atom is -0.347 e. The zero-order valence-electron chi connectivity index (χ0n) is 11.8. The number of rotatable bonds is 3. The quantitative estimate of drug-likeness (QED) is 0.827. The number of carbonyl (C=O) groups excluding carboxylic acids is 1. The molecule has 0 spiro atoms. The van der Waals surface area contributed by atoms with Gasteiger partial charge >= 0.3 is 0 Å². The molecule has 1 aromatic rings. The monoisotopic (exact) mass is 273 g/mol. The summed E-state index contributed by atoms with van der Waals surface area (Å²) < 4.78 is 0. The lowest BCUT2D eigenvalue weighted by molar-refractivity contribution is -0.135. The van der Waals surface area contributed by atoms with E-state index in [4.69, 9.17) is 5.26 Å². The molecular formula is C14H19N5O. The molecule has 1 aliphatic heterocycles. The van der Waals surface area contributed by atoms with E-state index in [0.717, 1.165) is 18.7 Å². The van der Waals surface area contributed by atoms with Crippen molar-refractivity contribution >= 4 is 5.91 Å². The van der Waals surface area contributed by atoms with E-state index >= 15 is 0 Å². The van der Waals surface area contributed by atoms with Gasteiger partial charge in [-0.2, -0.15) is 5.26 Å². The molecule has 1 saturated heterocycles. The first-order chi connectivity index (χ1) is 9.63. The number of nitriles is 1. The van der Waals surface area contributed by atoms with Crippen LogP contribution in [0.1, 0.15) is 11.3 Å². The average molecular weight is 273 g/mol. The van der Waals surface area contributed by atoms with Crippen LogP contribution >= 0.6 is 0 Å². The number of aromatic nitrogens is 1. The maximum atomic E-state index is 12.2. The number of piperazine rings is 1. The van der Waals surface area contributed by atoms with Crippen LogP contribution in [0.4, 0.5) is 0 Å². The molecule has 0 aliphatic carbocycles. The van der Waals surface area contributed by atoms with Crippen LogP contribution in [-0.4, -0.2) is 60.5 Å². The van der Waals surface area contributed by atoms with E-state index in [2.05, 4.69) is 21.3 Å². The Morgan fingerprint density at radius 2 is 2.45 bits per heavy atom. The summed E-state index contributed by atoms with van der Waals surface area (Å²) in [6, 6.07) is 5.63. The number of nitrogens with zero attached hydrogens (tertiary/aromatic N) is 4. The van der Waals surface area contributed by atoms with Gasteiger partial charge in [0.15, 0.2) is 0 Å². The molecule has 1 amide bonds. The number of hydrogen-bond donors (Lipinski definition) is 1. The van der Waals surface area contributed by atoms with Crippen LogP contribution in [0.15, 0.2) is 18.3 Å². The Balaban J connectivity index is 2.17. The van der Waals surface area contributed by atoms with E-state index in [9.17, 15) is 4.79 Å². The SMILES string of the molecule is CN(C)C(=O)C1CNCCN1Cc1cccnc1C#N. The van der Waals surface area contributed by atoms with E-state index in [1.54, 1.807) is 25.2 Å². The summed E-state index contributed by atoms with van der Waals surface area (Å²) in [5.41, 5.74) is 1.30. The molecule has 0 saturated carbocycles. The Kier molecular flexibility index (Phi) is 4.66. The second kappa shape index (κ2) is 6.46. The van der Waals surface area contributed by atoms with Gasteiger partial charge in [-0.05, 0) is 6.07 Å². The Labute approximate surface area is 119 Å². The summed E-state index contributed by atoms with van der Waals surface area (Å²) >= 11 is 0. The van der Waals surface area contributed by atoms with Gasteiger partial charge in [0.25, 0.3) is 0 Å². The highest BCUT2D eigenvalue weighted by Crippen LogP contribution is 2.13. The molecule has 2 heterocycles. The third kappa shape index (κ3) is 3.13. The lowest BCUT2D eigenvalue weighted by Crippen LogP contribution is -2.57. The number of hydrogen-bond acceptors (Lipinski definition) is 5. The molecule has 1 aromatic heterocycles. The van der Waals surface area contributed by atoms with Crippen molar-refractivity contribution in [2.24, 2.45) is 0 Å². The molecule has 2 rings (SSSR count). The summed E-state index contributed by atoms with van der Waals surface area (Å²) in [6.07, 6.45) is 1.61. The zero-order chi connectivity index (χ0) is 14.5. The van der Waals surface area contributed by atoms with Crippen LogP contribution in [0, 0.1) is 11.3 Å². The highest BCUT2D eigenvalue weighted by Gasteiger charge is 2.30. The van der Waals surface area contributed by atoms with Gasteiger partial charge in [0, 0.05) is 52.0 Å². The number of nitrogens with one attached hydrogen (secondary N) is 1. The number of carbonyl (C=O) groups is 1. The third-order valence-electron chi connectivity index (χ3n) is 3.45. The summed E-state index contributed by atoms with van der Waals surface area (Å²) in [4.78, 5) is 20.0. The average Bonchev–Trinajstić information content (AvgIpc) is 2.47. The predicted octanol–water partition coefficient (Wildman–Crippen LogP) is -0.185. The van der Waals surface area contributed by atoms with Crippen LogP contribution in [0.3, 0.4) is 0 Å². The summed E-state index contributed by atoms with van der Waals surface area (Å²) in [7, 11) is 3.53. The van der Waals surface area contributed by atoms with Gasteiger partial charge in [-0.15, -0.1) is 0 Å². The maximum Gasteiger partial charge on any atom is 0.240 e. The van der Waals surface area contributed by atoms with Crippen molar-refractivity contribution in [1.82, 2.24) is 20.1 Å². The van der Waals surface area contributed by atoms with Crippen molar-refractivity contribution in [3.63, 3.8) is 0 Å². The fraction of sp³-hybridized carbons (Fsp3) is 0.500. The molecule has 6 nitrogen and oxygen atoms in total. The number of amides is 1. The predicted molar refractivity (Wildman–Crippen MR) is 74.7 cm³/mol. The summed E-state index contributed by atoms with van der Waals surface area (Å²) in [6.45, 7) is 2.84. The molecule has 0 aromatic carbocycles. The molecule has 6 heteroatoms. The standard InChI is InChI=1S/C14H19N5O/c1-18(2)14(20)13-9-16-6-7-19(13)10-11-4-3-5-17-12(11)8-15/h3-5,13,16H,6-7,9-10H2,1-2H3. The van der Waals surface area contributed by atoms with Crippen molar-refractivity contribution in [3.8, 4) is 6.07 Å². The first-order valence-electron chi connectivity index (χ1n) is 6.63. The largest absolute Gasteiger partial charge is 0.347 e. The van der Waals surface area contributed by atoms with Crippen molar-refractivity contribution < 1.29 is 4.79 Å². The van der Waals surface area contributed by atoms with E-state index in [1.165, 1.54) is 0 Å². The smallest absolute Gasteiger partial charge is 0.240 e. The van der Waals surface area contributed by atoms with E-state index in [1.807, 2.05) is 12.1 Å². The van der Waals surface area contributed by atoms with Gasteiger partial charge in [0.2, 0.25) is 5.91 Å². The van der Waals surface area contributed by atoms with Crippen LogP contribution < -0.4 is 5.32 Å². The second-order valence-corrected chi connectivity index (χ2v) is 5.05. The van der Waals surface area contributed by atoms with Crippen molar-refractivity contribution in [2.45, 2.75) is 12.6 Å². The van der Waals surface area contributed by atoms with Gasteiger partial charge in [-0.25, -0.2) is 4.98 Å². The normalized spacial score (nSPS) is 19.4. The Hall–Kier alpha value is -1.97. The summed E-state index contributed by atoms with van der Waals surface area (Å²) in [5.74, 6) is 0.0830. The molecule has 20 heavy (non-hydrogen) atoms. The van der Waals surface area contributed by atoms with E-state index in [-0.39, 0.29) is 11.9 Å². The van der Waals surface area contributed by atoms with Gasteiger partial charge in [0.05, 0.1) is 0 Å². The topological polar surface area (TPSA) is 72.3 Å². The van der Waals surface area contributed by atoms with Gasteiger partial charge in [-0.3, -0.25) is 9.69 Å².